The smallest absolute Gasteiger partial charge is 0.410 e. The molecule has 0 radical (unpaired) electrons. The highest BCUT2D eigenvalue weighted by Crippen LogP contribution is 2.32. The maximum atomic E-state index is 12.5. The molecule has 1 unspecified atom stereocenters. The van der Waals surface area contributed by atoms with Gasteiger partial charge in [0.2, 0.25) is 5.84 Å². The van der Waals surface area contributed by atoms with Gasteiger partial charge in [0.05, 0.1) is 17.5 Å². The maximum absolute atomic E-state index is 12.5. The highest BCUT2D eigenvalue weighted by Gasteiger charge is 2.41. The van der Waals surface area contributed by atoms with E-state index in [1.54, 1.807) is 20.8 Å². The molecular weight excluding hydrogens is 484 g/mol. The quantitative estimate of drug-likeness (QED) is 0.180. The Morgan fingerprint density at radius 2 is 1.73 bits per heavy atom. The van der Waals surface area contributed by atoms with Gasteiger partial charge in [-0.25, -0.2) is 14.6 Å². The molecule has 194 valence electrons. The van der Waals surface area contributed by atoms with Crippen molar-refractivity contribution in [3.05, 3.63) is 76.6 Å². The topological polar surface area (TPSA) is 151 Å². The number of quaternary nitrogens is 1. The van der Waals surface area contributed by atoms with Gasteiger partial charge in [-0.1, -0.05) is 12.1 Å². The molecule has 1 atom stereocenters. The van der Waals surface area contributed by atoms with E-state index in [2.05, 4.69) is 4.99 Å². The number of esters is 1. The molecule has 0 saturated carbocycles. The highest BCUT2D eigenvalue weighted by molar-refractivity contribution is 6.10. The van der Waals surface area contributed by atoms with E-state index in [1.165, 1.54) is 72.9 Å². The van der Waals surface area contributed by atoms with Crippen molar-refractivity contribution in [3.63, 3.8) is 0 Å². The molecule has 0 N–H and O–H groups in total. The molecule has 37 heavy (non-hydrogen) atoms. The third-order valence-corrected chi connectivity index (χ3v) is 5.36. The minimum absolute atomic E-state index is 0.0507. The fraction of sp³-hybridized carbons (Fsp3) is 0.280. The first kappa shape index (κ1) is 27.0. The van der Waals surface area contributed by atoms with E-state index < -0.39 is 38.9 Å². The van der Waals surface area contributed by atoms with E-state index in [1.807, 2.05) is 0 Å². The number of nitro groups is 1. The van der Waals surface area contributed by atoms with Crippen LogP contribution in [0.4, 0.5) is 21.0 Å². The number of hydrogen-bond donors (Lipinski definition) is 0. The zero-order valence-electron chi connectivity index (χ0n) is 20.7. The number of para-hydroxylation sites is 1. The van der Waals surface area contributed by atoms with E-state index >= 15 is 0 Å². The first-order chi connectivity index (χ1) is 17.3. The van der Waals surface area contributed by atoms with Gasteiger partial charge in [-0.2, -0.15) is 4.48 Å². The van der Waals surface area contributed by atoms with Crippen molar-refractivity contribution >= 4 is 35.4 Å². The van der Waals surface area contributed by atoms with Gasteiger partial charge in [0.15, 0.2) is 0 Å². The fourth-order valence-corrected chi connectivity index (χ4v) is 3.56. The van der Waals surface area contributed by atoms with Crippen molar-refractivity contribution in [2.24, 2.45) is 4.99 Å². The Labute approximate surface area is 212 Å². The van der Waals surface area contributed by atoms with E-state index in [0.29, 0.717) is 0 Å². The summed E-state index contributed by atoms with van der Waals surface area (Å²) in [5.41, 5.74) is -1.07. The van der Waals surface area contributed by atoms with Crippen molar-refractivity contribution in [3.8, 4) is 5.75 Å². The lowest BCUT2D eigenvalue weighted by atomic mass is 10.2. The van der Waals surface area contributed by atoms with Gasteiger partial charge in [0.25, 0.3) is 11.8 Å². The lowest BCUT2D eigenvalue weighted by molar-refractivity contribution is -0.385. The third-order valence-electron chi connectivity index (χ3n) is 5.36. The summed E-state index contributed by atoms with van der Waals surface area (Å²) in [5, 5.41) is 23.5. The highest BCUT2D eigenvalue weighted by atomic mass is 16.6. The van der Waals surface area contributed by atoms with Gasteiger partial charge in [-0.15, -0.1) is 0 Å². The first-order valence-corrected chi connectivity index (χ1v) is 11.2. The predicted molar refractivity (Wildman–Crippen MR) is 132 cm³/mol. The minimum atomic E-state index is -1.47. The molecule has 0 aliphatic carbocycles. The average Bonchev–Trinajstić information content (AvgIpc) is 3.27. The number of rotatable bonds is 7. The van der Waals surface area contributed by atoms with Crippen LogP contribution in [0.25, 0.3) is 0 Å². The first-order valence-electron chi connectivity index (χ1n) is 11.2. The van der Waals surface area contributed by atoms with Crippen molar-refractivity contribution in [2.75, 3.05) is 13.6 Å². The van der Waals surface area contributed by atoms with Crippen LogP contribution in [0.3, 0.4) is 0 Å². The van der Waals surface area contributed by atoms with Crippen molar-refractivity contribution in [1.29, 1.82) is 0 Å². The maximum Gasteiger partial charge on any atom is 0.410 e. The van der Waals surface area contributed by atoms with Crippen LogP contribution in [0.2, 0.25) is 0 Å². The third kappa shape index (κ3) is 5.98. The molecule has 0 saturated heterocycles. The summed E-state index contributed by atoms with van der Waals surface area (Å²) in [6.07, 6.45) is 0.728. The predicted octanol–water partition coefficient (Wildman–Crippen LogP) is 3.60. The fourth-order valence-electron chi connectivity index (χ4n) is 3.56. The molecule has 1 heterocycles. The molecule has 0 bridgehead atoms. The SMILES string of the molecule is CN(CCC1=NC=C[N+]1(C(=O)[O-])c1ccc(OC(=O)c2ccccc2[N+](=O)[O-])cc1)C(=O)OC(C)(C)C. The summed E-state index contributed by atoms with van der Waals surface area (Å²) in [6.45, 7) is 5.35. The Kier molecular flexibility index (Phi) is 7.73. The molecule has 0 spiro atoms. The van der Waals surface area contributed by atoms with Gasteiger partial charge < -0.3 is 24.3 Å². The van der Waals surface area contributed by atoms with E-state index in [-0.39, 0.29) is 35.8 Å². The number of carbonyl (C=O) groups excluding carboxylic acids is 3. The van der Waals surface area contributed by atoms with Crippen molar-refractivity contribution < 1.29 is 33.9 Å². The van der Waals surface area contributed by atoms with Gasteiger partial charge in [0.1, 0.15) is 28.8 Å². The zero-order valence-corrected chi connectivity index (χ0v) is 20.7. The molecule has 12 nitrogen and oxygen atoms in total. The van der Waals surface area contributed by atoms with Gasteiger partial charge in [0, 0.05) is 31.8 Å². The lowest BCUT2D eigenvalue weighted by Gasteiger charge is -2.32. The van der Waals surface area contributed by atoms with Crippen LogP contribution in [0.5, 0.6) is 5.75 Å². The summed E-state index contributed by atoms with van der Waals surface area (Å²) >= 11 is 0. The molecule has 0 aromatic heterocycles. The van der Waals surface area contributed by atoms with E-state index in [9.17, 15) is 29.6 Å². The van der Waals surface area contributed by atoms with Crippen LogP contribution in [-0.2, 0) is 4.74 Å². The van der Waals surface area contributed by atoms with Crippen LogP contribution in [0.1, 0.15) is 37.6 Å². The second-order valence-electron chi connectivity index (χ2n) is 9.14. The molecule has 3 rings (SSSR count). The number of carbonyl (C=O) groups is 3. The standard InChI is InChI=1S/C25H26N4O8/c1-25(2,3)37-23(31)27(4)15-13-21-26-14-16-29(21,24(32)33)17-9-11-18(12-10-17)36-22(30)19-7-5-6-8-20(19)28(34)35/h5-12,14,16H,13,15H2,1-4H3. The van der Waals surface area contributed by atoms with Crippen LogP contribution < -0.4 is 14.3 Å². The molecule has 1 aliphatic rings. The van der Waals surface area contributed by atoms with Crippen LogP contribution in [0.15, 0.2) is 65.9 Å². The lowest BCUT2D eigenvalue weighted by Crippen LogP contribution is -2.59. The number of aliphatic imine (C=N–C) groups is 1. The van der Waals surface area contributed by atoms with Crippen LogP contribution in [0, 0.1) is 10.1 Å². The zero-order chi connectivity index (χ0) is 27.4. The number of carboxylic acid groups (broad SMARTS) is 1. The van der Waals surface area contributed by atoms with Crippen molar-refractivity contribution in [1.82, 2.24) is 9.38 Å². The Bertz CT molecular complexity index is 1280. The summed E-state index contributed by atoms with van der Waals surface area (Å²) in [6, 6.07) is 10.9. The van der Waals surface area contributed by atoms with Gasteiger partial charge in [-0.3, -0.25) is 10.1 Å². The van der Waals surface area contributed by atoms with Gasteiger partial charge in [-0.05, 0) is 39.0 Å². The minimum Gasteiger partial charge on any atom is -0.497 e. The molecule has 1 aliphatic heterocycles. The van der Waals surface area contributed by atoms with E-state index in [4.69, 9.17) is 9.47 Å². The Hall–Kier alpha value is -4.58. The molecule has 12 heteroatoms. The Balaban J connectivity index is 1.77. The second kappa shape index (κ2) is 10.6. The molecule has 0 fully saturated rings. The summed E-state index contributed by atoms with van der Waals surface area (Å²) in [5.74, 6) is -0.688. The normalized spacial score (nSPS) is 16.6. The molecular formula is C25H26N4O8. The Morgan fingerprint density at radius 1 is 1.08 bits per heavy atom. The monoisotopic (exact) mass is 510 g/mol. The number of nitro benzene ring substituents is 1. The van der Waals surface area contributed by atoms with Crippen molar-refractivity contribution in [2.45, 2.75) is 32.8 Å². The summed E-state index contributed by atoms with van der Waals surface area (Å²) in [7, 11) is 1.53. The summed E-state index contributed by atoms with van der Waals surface area (Å²) < 4.78 is 9.72. The molecule has 2 aromatic rings. The number of nitrogens with zero attached hydrogens (tertiary/aromatic N) is 4. The number of ether oxygens (including phenoxy) is 2. The van der Waals surface area contributed by atoms with Gasteiger partial charge >= 0.3 is 12.1 Å². The molecule has 2 aromatic carbocycles. The van der Waals surface area contributed by atoms with Crippen LogP contribution in [-0.4, -0.2) is 53.0 Å². The van der Waals surface area contributed by atoms with Crippen LogP contribution >= 0.6 is 0 Å². The average molecular weight is 511 g/mol. The largest absolute Gasteiger partial charge is 0.497 e. The number of amidine groups is 1. The number of hydrogen-bond acceptors (Lipinski definition) is 9. The number of amides is 2. The second-order valence-corrected chi connectivity index (χ2v) is 9.14. The van der Waals surface area contributed by atoms with E-state index in [0.717, 1.165) is 0 Å². The molecule has 2 amide bonds. The Morgan fingerprint density at radius 3 is 2.32 bits per heavy atom. The summed E-state index contributed by atoms with van der Waals surface area (Å²) in [4.78, 5) is 53.1. The number of benzene rings is 2.